The first-order valence-corrected chi connectivity index (χ1v) is 4.35. The summed E-state index contributed by atoms with van der Waals surface area (Å²) in [4.78, 5) is 0. The minimum atomic E-state index is -0.833. The van der Waals surface area contributed by atoms with Crippen LogP contribution in [0.5, 0.6) is 0 Å². The summed E-state index contributed by atoms with van der Waals surface area (Å²) in [6, 6.07) is 4.86. The molecule has 0 atom stereocenters. The van der Waals surface area contributed by atoms with E-state index in [1.54, 1.807) is 6.07 Å². The van der Waals surface area contributed by atoms with Crippen LogP contribution in [0.25, 0.3) is 11.0 Å². The van der Waals surface area contributed by atoms with Crippen LogP contribution >= 0.6 is 12.2 Å². The normalized spacial score (nSPS) is 10.2. The maximum absolute atomic E-state index is 13.2. The lowest BCUT2D eigenvalue weighted by atomic mass is 10.2. The molecule has 2 aromatic rings. The van der Waals surface area contributed by atoms with Gasteiger partial charge in [-0.05, 0) is 24.4 Å². The van der Waals surface area contributed by atoms with Crippen molar-refractivity contribution in [3.05, 3.63) is 40.1 Å². The Hall–Kier alpha value is -1.80. The predicted molar refractivity (Wildman–Crippen MR) is 51.7 cm³/mol. The first-order chi connectivity index (χ1) is 7.11. The molecule has 0 spiro atoms. The second-order valence-corrected chi connectivity index (χ2v) is 3.24. The highest BCUT2D eigenvalue weighted by atomic mass is 32.1. The van der Waals surface area contributed by atoms with Crippen LogP contribution < -0.4 is 0 Å². The van der Waals surface area contributed by atoms with E-state index in [2.05, 4.69) is 0 Å². The zero-order valence-electron chi connectivity index (χ0n) is 7.25. The minimum absolute atomic E-state index is 0.0856. The van der Waals surface area contributed by atoms with Crippen molar-refractivity contribution in [3.63, 3.8) is 0 Å². The molecule has 0 aliphatic rings. The lowest BCUT2D eigenvalue weighted by Gasteiger charge is -1.99. The van der Waals surface area contributed by atoms with Gasteiger partial charge in [0.15, 0.2) is 11.4 Å². The Balaban J connectivity index is 2.95. The number of benzene rings is 1. The van der Waals surface area contributed by atoms with Crippen LogP contribution in [0.1, 0.15) is 5.56 Å². The Labute approximate surface area is 88.4 Å². The number of fused-ring (bicyclic) bond motifs is 1. The van der Waals surface area contributed by atoms with Gasteiger partial charge < -0.3 is 4.42 Å². The third-order valence-electron chi connectivity index (χ3n) is 1.87. The first-order valence-electron chi connectivity index (χ1n) is 3.95. The van der Waals surface area contributed by atoms with Crippen LogP contribution in [0.3, 0.4) is 0 Å². The van der Waals surface area contributed by atoms with Crippen LogP contribution in [0, 0.1) is 27.7 Å². The Morgan fingerprint density at radius 2 is 2.00 bits per heavy atom. The van der Waals surface area contributed by atoms with Crippen LogP contribution in [0.2, 0.25) is 0 Å². The van der Waals surface area contributed by atoms with E-state index in [1.165, 1.54) is 6.07 Å². The topological polar surface area (TPSA) is 36.9 Å². The van der Waals surface area contributed by atoms with Gasteiger partial charge in [-0.25, -0.2) is 8.78 Å². The molecule has 2 nitrogen and oxygen atoms in total. The fourth-order valence-electron chi connectivity index (χ4n) is 1.24. The summed E-state index contributed by atoms with van der Waals surface area (Å²) in [5.74, 6) is -1.56. The van der Waals surface area contributed by atoms with Crippen molar-refractivity contribution in [1.82, 2.24) is 0 Å². The van der Waals surface area contributed by atoms with Gasteiger partial charge in [-0.3, -0.25) is 0 Å². The largest absolute Gasteiger partial charge is 0.441 e. The predicted octanol–water partition coefficient (Wildman–Crippen LogP) is 3.31. The fourth-order valence-corrected chi connectivity index (χ4v) is 1.42. The summed E-state index contributed by atoms with van der Waals surface area (Å²) >= 11 is 4.72. The summed E-state index contributed by atoms with van der Waals surface area (Å²) in [7, 11) is 0. The van der Waals surface area contributed by atoms with Crippen molar-refractivity contribution < 1.29 is 13.2 Å². The molecule has 0 saturated heterocycles. The second kappa shape index (κ2) is 3.41. The molecule has 0 bridgehead atoms. The molecule has 0 saturated carbocycles. The van der Waals surface area contributed by atoms with Crippen LogP contribution in [0.4, 0.5) is 8.78 Å². The molecule has 0 unspecified atom stereocenters. The van der Waals surface area contributed by atoms with Crippen LogP contribution in [-0.4, -0.2) is 0 Å². The lowest BCUT2D eigenvalue weighted by molar-refractivity contribution is 0.529. The average Bonchev–Trinajstić information content (AvgIpc) is 2.18. The second-order valence-electron chi connectivity index (χ2n) is 2.87. The van der Waals surface area contributed by atoms with E-state index in [9.17, 15) is 8.78 Å². The minimum Gasteiger partial charge on any atom is -0.441 e. The molecule has 5 heteroatoms. The van der Waals surface area contributed by atoms with E-state index >= 15 is 0 Å². The number of rotatable bonds is 0. The van der Waals surface area contributed by atoms with Crippen molar-refractivity contribution in [2.75, 3.05) is 0 Å². The van der Waals surface area contributed by atoms with Gasteiger partial charge >= 0.3 is 0 Å². The molecule has 1 heterocycles. The Bertz CT molecular complexity index is 642. The van der Waals surface area contributed by atoms with Crippen molar-refractivity contribution in [3.8, 4) is 6.07 Å². The number of nitriles is 1. The van der Waals surface area contributed by atoms with Gasteiger partial charge in [0.05, 0.1) is 0 Å². The zero-order valence-corrected chi connectivity index (χ0v) is 8.07. The number of hydrogen-bond acceptors (Lipinski definition) is 3. The van der Waals surface area contributed by atoms with E-state index in [0.29, 0.717) is 6.07 Å². The maximum Gasteiger partial charge on any atom is 0.208 e. The third-order valence-corrected chi connectivity index (χ3v) is 2.18. The molecular weight excluding hydrogens is 220 g/mol. The third kappa shape index (κ3) is 1.60. The van der Waals surface area contributed by atoms with Crippen LogP contribution in [0.15, 0.2) is 22.6 Å². The van der Waals surface area contributed by atoms with E-state index in [4.69, 9.17) is 21.9 Å². The van der Waals surface area contributed by atoms with Gasteiger partial charge in [-0.2, -0.15) is 5.26 Å². The highest BCUT2D eigenvalue weighted by Gasteiger charge is 2.08. The summed E-state index contributed by atoms with van der Waals surface area (Å²) in [5.41, 5.74) is -0.0529. The Morgan fingerprint density at radius 1 is 1.27 bits per heavy atom. The summed E-state index contributed by atoms with van der Waals surface area (Å²) in [6.45, 7) is 0. The van der Waals surface area contributed by atoms with Gasteiger partial charge in [-0.1, -0.05) is 0 Å². The highest BCUT2D eigenvalue weighted by Crippen LogP contribution is 2.21. The quantitative estimate of drug-likeness (QED) is 0.643. The van der Waals surface area contributed by atoms with E-state index in [-0.39, 0.29) is 21.2 Å². The average molecular weight is 223 g/mol. The van der Waals surface area contributed by atoms with Crippen molar-refractivity contribution >= 4 is 23.2 Å². The van der Waals surface area contributed by atoms with Gasteiger partial charge in [0, 0.05) is 11.5 Å². The van der Waals surface area contributed by atoms with Gasteiger partial charge in [-0.15, -0.1) is 0 Å². The first kappa shape index (κ1) is 9.74. The molecular formula is C10H3F2NOS. The summed E-state index contributed by atoms with van der Waals surface area (Å²) in [5, 5.41) is 8.83. The van der Waals surface area contributed by atoms with Gasteiger partial charge in [0.25, 0.3) is 0 Å². The van der Waals surface area contributed by atoms with Crippen molar-refractivity contribution in [1.29, 1.82) is 5.26 Å². The number of halogens is 2. The van der Waals surface area contributed by atoms with Crippen LogP contribution in [-0.2, 0) is 0 Å². The van der Waals surface area contributed by atoms with Crippen molar-refractivity contribution in [2.24, 2.45) is 0 Å². The molecule has 1 aromatic carbocycles. The molecule has 0 radical (unpaired) electrons. The smallest absolute Gasteiger partial charge is 0.208 e. The molecule has 2 rings (SSSR count). The fraction of sp³-hybridized carbons (Fsp3) is 0. The molecule has 0 fully saturated rings. The summed E-state index contributed by atoms with van der Waals surface area (Å²) in [6.07, 6.45) is 0. The van der Waals surface area contributed by atoms with Gasteiger partial charge in [0.2, 0.25) is 4.71 Å². The molecule has 1 aromatic heterocycles. The van der Waals surface area contributed by atoms with E-state index < -0.39 is 11.6 Å². The Kier molecular flexibility index (Phi) is 2.21. The standard InChI is InChI=1S/C10H3F2NOS/c11-7-2-5-1-6(4-13)10(15)14-9(5)8(12)3-7/h1-3H. The zero-order chi connectivity index (χ0) is 11.0. The molecule has 74 valence electrons. The van der Waals surface area contributed by atoms with E-state index in [0.717, 1.165) is 6.07 Å². The highest BCUT2D eigenvalue weighted by molar-refractivity contribution is 7.71. The summed E-state index contributed by atoms with van der Waals surface area (Å²) < 4.78 is 30.9. The molecule has 15 heavy (non-hydrogen) atoms. The monoisotopic (exact) mass is 223 g/mol. The molecule has 0 aliphatic carbocycles. The molecule has 0 amide bonds. The van der Waals surface area contributed by atoms with Crippen molar-refractivity contribution in [2.45, 2.75) is 0 Å². The maximum atomic E-state index is 13.2. The lowest BCUT2D eigenvalue weighted by Crippen LogP contribution is -1.85. The Morgan fingerprint density at radius 3 is 2.67 bits per heavy atom. The molecule has 0 aliphatic heterocycles. The SMILES string of the molecule is N#Cc1cc2cc(F)cc(F)c2oc1=S. The van der Waals surface area contributed by atoms with Gasteiger partial charge in [0.1, 0.15) is 17.4 Å². The van der Waals surface area contributed by atoms with E-state index in [1.807, 2.05) is 0 Å². The number of hydrogen-bond donors (Lipinski definition) is 0. The molecule has 0 N–H and O–H groups in total. The number of nitrogens with zero attached hydrogens (tertiary/aromatic N) is 1.